The van der Waals surface area contributed by atoms with Gasteiger partial charge >= 0.3 is 0 Å². The smallest absolute Gasteiger partial charge is 0.242 e. The van der Waals surface area contributed by atoms with Crippen LogP contribution in [0.1, 0.15) is 6.42 Å². The van der Waals surface area contributed by atoms with Crippen molar-refractivity contribution in [1.82, 2.24) is 0 Å². The van der Waals surface area contributed by atoms with Gasteiger partial charge in [-0.15, -0.1) is 0 Å². The number of benzene rings is 1. The van der Waals surface area contributed by atoms with Crippen molar-refractivity contribution in [2.45, 2.75) is 12.7 Å². The molecule has 0 aromatic heterocycles. The lowest BCUT2D eigenvalue weighted by Crippen LogP contribution is -2.21. The van der Waals surface area contributed by atoms with E-state index >= 15 is 0 Å². The molecule has 1 aliphatic heterocycles. The van der Waals surface area contributed by atoms with E-state index in [0.717, 1.165) is 17.9 Å². The van der Waals surface area contributed by atoms with Gasteiger partial charge < -0.3 is 15.2 Å². The highest BCUT2D eigenvalue weighted by molar-refractivity contribution is 5.41. The van der Waals surface area contributed by atoms with Gasteiger partial charge in [0.15, 0.2) is 11.5 Å². The Balaban J connectivity index is 2.11. The summed E-state index contributed by atoms with van der Waals surface area (Å²) < 4.78 is 10.9. The molecule has 12 heavy (non-hydrogen) atoms. The average molecular weight is 165 g/mol. The molecule has 0 fully saturated rings. The average Bonchev–Trinajstić information content (AvgIpc) is 2.47. The SMILES string of the molecule is NCCC1Oc2ccccc2O1. The first-order valence-corrected chi connectivity index (χ1v) is 4.02. The van der Waals surface area contributed by atoms with Gasteiger partial charge in [-0.3, -0.25) is 0 Å². The molecule has 2 rings (SSSR count). The van der Waals surface area contributed by atoms with Gasteiger partial charge in [0.2, 0.25) is 6.29 Å². The molecule has 0 spiro atoms. The van der Waals surface area contributed by atoms with Crippen molar-refractivity contribution in [3.05, 3.63) is 24.3 Å². The minimum absolute atomic E-state index is 0.188. The van der Waals surface area contributed by atoms with E-state index in [1.54, 1.807) is 0 Å². The van der Waals surface area contributed by atoms with Crippen molar-refractivity contribution < 1.29 is 9.47 Å². The molecule has 2 N–H and O–H groups in total. The Morgan fingerprint density at radius 3 is 2.25 bits per heavy atom. The molecule has 64 valence electrons. The molecule has 0 saturated carbocycles. The Morgan fingerprint density at radius 2 is 1.75 bits per heavy atom. The van der Waals surface area contributed by atoms with Crippen molar-refractivity contribution in [3.63, 3.8) is 0 Å². The molecule has 0 bridgehead atoms. The van der Waals surface area contributed by atoms with Gasteiger partial charge in [0.25, 0.3) is 0 Å². The van der Waals surface area contributed by atoms with Crippen molar-refractivity contribution in [1.29, 1.82) is 0 Å². The van der Waals surface area contributed by atoms with Gasteiger partial charge in [0.1, 0.15) is 0 Å². The van der Waals surface area contributed by atoms with E-state index in [0.29, 0.717) is 6.54 Å². The monoisotopic (exact) mass is 165 g/mol. The van der Waals surface area contributed by atoms with Crippen LogP contribution in [0.2, 0.25) is 0 Å². The zero-order valence-corrected chi connectivity index (χ0v) is 6.69. The van der Waals surface area contributed by atoms with E-state index < -0.39 is 0 Å². The zero-order valence-electron chi connectivity index (χ0n) is 6.69. The number of nitrogens with two attached hydrogens (primary N) is 1. The highest BCUT2D eigenvalue weighted by Gasteiger charge is 2.21. The number of rotatable bonds is 2. The standard InChI is InChI=1S/C9H11NO2/c10-6-5-9-11-7-3-1-2-4-8(7)12-9/h1-4,9H,5-6,10H2. The number of hydrogen-bond donors (Lipinski definition) is 1. The summed E-state index contributed by atoms with van der Waals surface area (Å²) in [6.07, 6.45) is 0.543. The van der Waals surface area contributed by atoms with E-state index in [1.165, 1.54) is 0 Å². The first kappa shape index (κ1) is 7.43. The number of hydrogen-bond acceptors (Lipinski definition) is 3. The predicted octanol–water partition coefficient (Wildman–Crippen LogP) is 1.13. The summed E-state index contributed by atoms with van der Waals surface area (Å²) in [7, 11) is 0. The summed E-state index contributed by atoms with van der Waals surface area (Å²) in [4.78, 5) is 0. The molecular weight excluding hydrogens is 154 g/mol. The third-order valence-electron chi connectivity index (χ3n) is 1.77. The van der Waals surface area contributed by atoms with E-state index in [-0.39, 0.29) is 6.29 Å². The van der Waals surface area contributed by atoms with Crippen LogP contribution in [0.5, 0.6) is 11.5 Å². The van der Waals surface area contributed by atoms with Gasteiger partial charge in [-0.25, -0.2) is 0 Å². The lowest BCUT2D eigenvalue weighted by molar-refractivity contribution is 0.0442. The molecule has 0 aliphatic carbocycles. The van der Waals surface area contributed by atoms with Crippen LogP contribution in [0.15, 0.2) is 24.3 Å². The van der Waals surface area contributed by atoms with E-state index in [9.17, 15) is 0 Å². The summed E-state index contributed by atoms with van der Waals surface area (Å²) in [5.74, 6) is 1.63. The van der Waals surface area contributed by atoms with Gasteiger partial charge in [-0.05, 0) is 18.7 Å². The summed E-state index contributed by atoms with van der Waals surface area (Å²) in [5.41, 5.74) is 5.38. The second-order valence-corrected chi connectivity index (χ2v) is 2.69. The minimum Gasteiger partial charge on any atom is -0.451 e. The molecule has 1 aliphatic rings. The second-order valence-electron chi connectivity index (χ2n) is 2.69. The van der Waals surface area contributed by atoms with Crippen molar-refractivity contribution >= 4 is 0 Å². The lowest BCUT2D eigenvalue weighted by atomic mass is 10.3. The molecule has 0 radical (unpaired) electrons. The highest BCUT2D eigenvalue weighted by Crippen LogP contribution is 2.34. The van der Waals surface area contributed by atoms with Gasteiger partial charge in [-0.1, -0.05) is 12.1 Å². The van der Waals surface area contributed by atoms with Crippen LogP contribution in [0.25, 0.3) is 0 Å². The van der Waals surface area contributed by atoms with E-state index in [2.05, 4.69) is 0 Å². The van der Waals surface area contributed by atoms with E-state index in [1.807, 2.05) is 24.3 Å². The molecule has 3 heteroatoms. The maximum absolute atomic E-state index is 5.45. The summed E-state index contributed by atoms with van der Waals surface area (Å²) in [6, 6.07) is 7.64. The summed E-state index contributed by atoms with van der Waals surface area (Å²) in [5, 5.41) is 0. The summed E-state index contributed by atoms with van der Waals surface area (Å²) >= 11 is 0. The van der Waals surface area contributed by atoms with Crippen LogP contribution < -0.4 is 15.2 Å². The summed E-state index contributed by atoms with van der Waals surface area (Å²) in [6.45, 7) is 0.582. The first-order valence-electron chi connectivity index (χ1n) is 4.02. The molecule has 0 unspecified atom stereocenters. The van der Waals surface area contributed by atoms with Crippen LogP contribution in [-0.4, -0.2) is 12.8 Å². The zero-order chi connectivity index (χ0) is 8.39. The van der Waals surface area contributed by atoms with Crippen LogP contribution in [0, 0.1) is 0 Å². The number of para-hydroxylation sites is 2. The third kappa shape index (κ3) is 1.23. The Morgan fingerprint density at radius 1 is 1.17 bits per heavy atom. The topological polar surface area (TPSA) is 44.5 Å². The number of fused-ring (bicyclic) bond motifs is 1. The Labute approximate surface area is 71.1 Å². The fourth-order valence-electron chi connectivity index (χ4n) is 1.21. The molecule has 1 aromatic rings. The van der Waals surface area contributed by atoms with Gasteiger partial charge in [0, 0.05) is 6.42 Å². The van der Waals surface area contributed by atoms with Crippen LogP contribution in [-0.2, 0) is 0 Å². The molecule has 0 amide bonds. The minimum atomic E-state index is -0.188. The Kier molecular flexibility index (Phi) is 1.87. The predicted molar refractivity (Wildman–Crippen MR) is 45.2 cm³/mol. The quantitative estimate of drug-likeness (QED) is 0.714. The molecule has 1 heterocycles. The lowest BCUT2D eigenvalue weighted by Gasteiger charge is -2.07. The van der Waals surface area contributed by atoms with Gasteiger partial charge in [0.05, 0.1) is 0 Å². The third-order valence-corrected chi connectivity index (χ3v) is 1.77. The Bertz CT molecular complexity index is 250. The van der Waals surface area contributed by atoms with Crippen LogP contribution in [0.4, 0.5) is 0 Å². The molecular formula is C9H11NO2. The Hall–Kier alpha value is -1.22. The van der Waals surface area contributed by atoms with Crippen molar-refractivity contribution in [3.8, 4) is 11.5 Å². The van der Waals surface area contributed by atoms with Gasteiger partial charge in [-0.2, -0.15) is 0 Å². The first-order chi connectivity index (χ1) is 5.90. The second kappa shape index (κ2) is 3.03. The normalized spacial score (nSPS) is 15.1. The fourth-order valence-corrected chi connectivity index (χ4v) is 1.21. The number of ether oxygens (including phenoxy) is 2. The van der Waals surface area contributed by atoms with Crippen molar-refractivity contribution in [2.24, 2.45) is 5.73 Å². The van der Waals surface area contributed by atoms with Crippen molar-refractivity contribution in [2.75, 3.05) is 6.54 Å². The van der Waals surface area contributed by atoms with Crippen LogP contribution in [0.3, 0.4) is 0 Å². The molecule has 0 atom stereocenters. The maximum atomic E-state index is 5.45. The highest BCUT2D eigenvalue weighted by atomic mass is 16.7. The molecule has 3 nitrogen and oxygen atoms in total. The molecule has 1 aromatic carbocycles. The largest absolute Gasteiger partial charge is 0.451 e. The van der Waals surface area contributed by atoms with Crippen LogP contribution >= 0.6 is 0 Å². The fraction of sp³-hybridized carbons (Fsp3) is 0.333. The maximum Gasteiger partial charge on any atom is 0.242 e. The van der Waals surface area contributed by atoms with E-state index in [4.69, 9.17) is 15.2 Å². The molecule has 0 saturated heterocycles.